The molecule has 0 fully saturated rings. The minimum Gasteiger partial charge on any atom is -0.456 e. The summed E-state index contributed by atoms with van der Waals surface area (Å²) in [5.41, 5.74) is -2.53. The first-order chi connectivity index (χ1) is 15.7. The number of alkyl halides is 5. The fourth-order valence-corrected chi connectivity index (χ4v) is 3.35. The highest BCUT2D eigenvalue weighted by Gasteiger charge is 2.60. The maximum atomic E-state index is 14.3. The molecule has 3 rings (SSSR count). The van der Waals surface area contributed by atoms with Gasteiger partial charge in [-0.25, -0.2) is 17.9 Å². The molecule has 0 aromatic heterocycles. The van der Waals surface area contributed by atoms with Gasteiger partial charge in [0.05, 0.1) is 16.0 Å². The van der Waals surface area contributed by atoms with E-state index < -0.39 is 50.7 Å². The van der Waals surface area contributed by atoms with E-state index in [0.717, 1.165) is 48.5 Å². The Hall–Kier alpha value is -3.58. The molecular formula is C21H14F6N2O4S. The summed E-state index contributed by atoms with van der Waals surface area (Å²) < 4.78 is 109. The van der Waals surface area contributed by atoms with E-state index in [4.69, 9.17) is 9.88 Å². The number of rotatable bonds is 6. The van der Waals surface area contributed by atoms with E-state index in [1.807, 2.05) is 0 Å². The minimum absolute atomic E-state index is 0.141. The summed E-state index contributed by atoms with van der Waals surface area (Å²) in [5.74, 6) is -8.78. The number of hydrogen-bond acceptors (Lipinski definition) is 4. The topological polar surface area (TPSA) is 98.5 Å². The van der Waals surface area contributed by atoms with Crippen LogP contribution in [-0.2, 0) is 15.9 Å². The lowest BCUT2D eigenvalue weighted by Crippen LogP contribution is -2.34. The molecule has 0 heterocycles. The van der Waals surface area contributed by atoms with Crippen molar-refractivity contribution in [1.29, 1.82) is 0 Å². The maximum absolute atomic E-state index is 14.3. The third kappa shape index (κ3) is 5.31. The Balaban J connectivity index is 2.10. The number of carbonyl (C=O) groups is 1. The van der Waals surface area contributed by atoms with Gasteiger partial charge in [-0.2, -0.15) is 22.0 Å². The van der Waals surface area contributed by atoms with E-state index >= 15 is 0 Å². The largest absolute Gasteiger partial charge is 0.458 e. The van der Waals surface area contributed by atoms with E-state index in [1.54, 1.807) is 0 Å². The van der Waals surface area contributed by atoms with Gasteiger partial charge in [0, 0.05) is 5.69 Å². The number of carbonyl (C=O) groups excluding carboxylic acids is 1. The Labute approximate surface area is 189 Å². The van der Waals surface area contributed by atoms with Crippen molar-refractivity contribution >= 4 is 21.6 Å². The highest BCUT2D eigenvalue weighted by atomic mass is 32.2. The second-order valence-corrected chi connectivity index (χ2v) is 8.40. The summed E-state index contributed by atoms with van der Waals surface area (Å²) in [6.07, 6.45) is -6.02. The normalized spacial score (nSPS) is 12.3. The number of amides is 1. The number of nitrogens with one attached hydrogen (secondary N) is 1. The smallest absolute Gasteiger partial charge is 0.456 e. The molecule has 0 aliphatic carbocycles. The van der Waals surface area contributed by atoms with Gasteiger partial charge in [-0.15, -0.1) is 0 Å². The van der Waals surface area contributed by atoms with Crippen molar-refractivity contribution in [2.24, 2.45) is 5.14 Å². The molecule has 180 valence electrons. The first-order valence-electron chi connectivity index (χ1n) is 9.16. The third-order valence-electron chi connectivity index (χ3n) is 4.41. The molecular weight excluding hydrogens is 490 g/mol. The lowest BCUT2D eigenvalue weighted by molar-refractivity contribution is -0.289. The predicted molar refractivity (Wildman–Crippen MR) is 109 cm³/mol. The summed E-state index contributed by atoms with van der Waals surface area (Å²) in [5, 5.41) is 7.22. The molecule has 3 aromatic carbocycles. The van der Waals surface area contributed by atoms with Crippen molar-refractivity contribution < 1.29 is 44.3 Å². The molecule has 0 aliphatic heterocycles. The van der Waals surface area contributed by atoms with Crippen molar-refractivity contribution in [3.05, 3.63) is 83.7 Å². The van der Waals surface area contributed by atoms with Crippen molar-refractivity contribution in [1.82, 2.24) is 0 Å². The molecule has 3 aromatic rings. The van der Waals surface area contributed by atoms with Crippen LogP contribution in [0.5, 0.6) is 11.5 Å². The number of primary sulfonamides is 1. The molecule has 13 heteroatoms. The third-order valence-corrected chi connectivity index (χ3v) is 5.32. The van der Waals surface area contributed by atoms with Crippen LogP contribution in [0.15, 0.2) is 71.6 Å². The number of ether oxygens (including phenoxy) is 1. The fraction of sp³-hybridized carbons (Fsp3) is 0.0952. The van der Waals surface area contributed by atoms with Crippen LogP contribution in [-0.4, -0.2) is 20.5 Å². The zero-order valence-corrected chi connectivity index (χ0v) is 17.6. The van der Waals surface area contributed by atoms with Crippen molar-refractivity contribution in [2.45, 2.75) is 17.0 Å². The van der Waals surface area contributed by atoms with Crippen LogP contribution in [0.4, 0.5) is 32.0 Å². The van der Waals surface area contributed by atoms with Gasteiger partial charge >= 0.3 is 12.1 Å². The summed E-state index contributed by atoms with van der Waals surface area (Å²) in [6, 6.07) is 10.4. The van der Waals surface area contributed by atoms with Gasteiger partial charge in [-0.05, 0) is 54.6 Å². The van der Waals surface area contributed by atoms with E-state index in [2.05, 4.69) is 5.32 Å². The lowest BCUT2D eigenvalue weighted by atomic mass is 10.0. The number of anilines is 1. The standard InChI is InChI=1S/C21H14F6N2O4S/c22-12-7-9-14(10-8-12)33-18-16(5-2-6-17(18)20(23,24)21(25,26)27)19(30)29-13-3-1-4-15(11-13)34(28,31)32/h1-11H,(H,29,30)(H2,28,31,32). The van der Waals surface area contributed by atoms with Gasteiger partial charge in [0.2, 0.25) is 10.0 Å². The van der Waals surface area contributed by atoms with E-state index in [-0.39, 0.29) is 16.3 Å². The summed E-state index contributed by atoms with van der Waals surface area (Å²) in [7, 11) is -4.15. The number of sulfonamides is 1. The summed E-state index contributed by atoms with van der Waals surface area (Å²) in [4.78, 5) is 12.4. The second kappa shape index (κ2) is 8.99. The Bertz CT molecular complexity index is 1330. The molecule has 6 nitrogen and oxygen atoms in total. The number of para-hydroxylation sites is 1. The Morgan fingerprint density at radius 2 is 1.53 bits per heavy atom. The van der Waals surface area contributed by atoms with Crippen LogP contribution in [0.3, 0.4) is 0 Å². The molecule has 0 spiro atoms. The number of nitrogens with two attached hydrogens (primary N) is 1. The number of hydrogen-bond donors (Lipinski definition) is 2. The Morgan fingerprint density at radius 1 is 0.912 bits per heavy atom. The number of halogens is 6. The van der Waals surface area contributed by atoms with Gasteiger partial charge in [0.15, 0.2) is 0 Å². The highest BCUT2D eigenvalue weighted by molar-refractivity contribution is 7.89. The van der Waals surface area contributed by atoms with E-state index in [0.29, 0.717) is 6.07 Å². The first-order valence-corrected chi connectivity index (χ1v) is 10.7. The molecule has 0 radical (unpaired) electrons. The van der Waals surface area contributed by atoms with Gasteiger partial charge in [-0.1, -0.05) is 12.1 Å². The van der Waals surface area contributed by atoms with Crippen LogP contribution < -0.4 is 15.2 Å². The second-order valence-electron chi connectivity index (χ2n) is 6.84. The van der Waals surface area contributed by atoms with Gasteiger partial charge in [0.25, 0.3) is 5.91 Å². The predicted octanol–water partition coefficient (Wildman–Crippen LogP) is 5.17. The Kier molecular flexibility index (Phi) is 6.62. The molecule has 0 unspecified atom stereocenters. The van der Waals surface area contributed by atoms with Gasteiger partial charge in [0.1, 0.15) is 17.3 Å². The van der Waals surface area contributed by atoms with Crippen molar-refractivity contribution in [3.8, 4) is 11.5 Å². The van der Waals surface area contributed by atoms with Crippen LogP contribution >= 0.6 is 0 Å². The van der Waals surface area contributed by atoms with E-state index in [1.165, 1.54) is 12.1 Å². The van der Waals surface area contributed by atoms with E-state index in [9.17, 15) is 39.6 Å². The lowest BCUT2D eigenvalue weighted by Gasteiger charge is -2.24. The summed E-state index contributed by atoms with van der Waals surface area (Å²) in [6.45, 7) is 0. The quantitative estimate of drug-likeness (QED) is 0.453. The van der Waals surface area contributed by atoms with Gasteiger partial charge in [-0.3, -0.25) is 4.79 Å². The molecule has 3 N–H and O–H groups in total. The maximum Gasteiger partial charge on any atom is 0.458 e. The molecule has 0 bridgehead atoms. The van der Waals surface area contributed by atoms with Crippen LogP contribution in [0.1, 0.15) is 15.9 Å². The minimum atomic E-state index is -6.02. The zero-order valence-electron chi connectivity index (χ0n) is 16.7. The molecule has 0 saturated heterocycles. The van der Waals surface area contributed by atoms with Gasteiger partial charge < -0.3 is 10.1 Å². The zero-order chi connectivity index (χ0) is 25.3. The fourth-order valence-electron chi connectivity index (χ4n) is 2.80. The molecule has 0 aliphatic rings. The first kappa shape index (κ1) is 25.1. The van der Waals surface area contributed by atoms with Crippen LogP contribution in [0.25, 0.3) is 0 Å². The van der Waals surface area contributed by atoms with Crippen molar-refractivity contribution in [3.63, 3.8) is 0 Å². The molecule has 0 atom stereocenters. The SMILES string of the molecule is NS(=O)(=O)c1cccc(NC(=O)c2cccc(C(F)(F)C(F)(F)F)c2Oc2ccc(F)cc2)c1. The molecule has 34 heavy (non-hydrogen) atoms. The highest BCUT2D eigenvalue weighted by Crippen LogP contribution is 2.48. The average molecular weight is 504 g/mol. The summed E-state index contributed by atoms with van der Waals surface area (Å²) >= 11 is 0. The average Bonchev–Trinajstić information content (AvgIpc) is 2.74. The Morgan fingerprint density at radius 3 is 2.12 bits per heavy atom. The molecule has 1 amide bonds. The van der Waals surface area contributed by atoms with Crippen molar-refractivity contribution in [2.75, 3.05) is 5.32 Å². The van der Waals surface area contributed by atoms with Crippen LogP contribution in [0, 0.1) is 5.82 Å². The number of benzene rings is 3. The monoisotopic (exact) mass is 504 g/mol. The van der Waals surface area contributed by atoms with Crippen LogP contribution in [0.2, 0.25) is 0 Å². The molecule has 0 saturated carbocycles.